The van der Waals surface area contributed by atoms with Gasteiger partial charge in [-0.05, 0) is 25.1 Å². The van der Waals surface area contributed by atoms with Crippen LogP contribution in [-0.2, 0) is 4.74 Å². The van der Waals surface area contributed by atoms with Gasteiger partial charge in [0, 0.05) is 17.8 Å². The second-order valence-electron chi connectivity index (χ2n) is 4.75. The highest BCUT2D eigenvalue weighted by molar-refractivity contribution is 6.04. The number of nitrogens with one attached hydrogen (secondary N) is 1. The van der Waals surface area contributed by atoms with E-state index in [-0.39, 0.29) is 5.78 Å². The number of ether oxygens (including phenoxy) is 1. The smallest absolute Gasteiger partial charge is 0.339 e. The molecule has 1 N–H and O–H groups in total. The van der Waals surface area contributed by atoms with Crippen molar-refractivity contribution in [1.29, 1.82) is 0 Å². The Morgan fingerprint density at radius 1 is 1.09 bits per heavy atom. The van der Waals surface area contributed by atoms with E-state index in [1.165, 1.54) is 19.4 Å². The predicted molar refractivity (Wildman–Crippen MR) is 86.1 cm³/mol. The molecule has 0 saturated carbocycles. The van der Waals surface area contributed by atoms with Crippen LogP contribution < -0.4 is 5.32 Å². The van der Waals surface area contributed by atoms with Crippen LogP contribution in [-0.4, -0.2) is 18.9 Å². The van der Waals surface area contributed by atoms with Gasteiger partial charge in [0.15, 0.2) is 5.78 Å². The van der Waals surface area contributed by atoms with Crippen molar-refractivity contribution in [3.8, 4) is 0 Å². The van der Waals surface area contributed by atoms with Gasteiger partial charge in [0.05, 0.1) is 18.4 Å². The predicted octanol–water partition coefficient (Wildman–Crippen LogP) is 3.59. The van der Waals surface area contributed by atoms with Crippen molar-refractivity contribution in [2.45, 2.75) is 6.92 Å². The fourth-order valence-electron chi connectivity index (χ4n) is 2.00. The average molecular weight is 295 g/mol. The Hall–Kier alpha value is -2.88. The van der Waals surface area contributed by atoms with Crippen LogP contribution in [0.2, 0.25) is 0 Å². The van der Waals surface area contributed by atoms with Crippen LogP contribution in [0, 0.1) is 6.92 Å². The number of para-hydroxylation sites is 1. The van der Waals surface area contributed by atoms with Crippen molar-refractivity contribution in [2.24, 2.45) is 0 Å². The number of allylic oxidation sites excluding steroid dienone is 1. The summed E-state index contributed by atoms with van der Waals surface area (Å²) in [6.07, 6.45) is 2.95. The Morgan fingerprint density at radius 2 is 1.86 bits per heavy atom. The highest BCUT2D eigenvalue weighted by Gasteiger charge is 2.09. The van der Waals surface area contributed by atoms with Crippen molar-refractivity contribution < 1.29 is 14.3 Å². The highest BCUT2D eigenvalue weighted by Crippen LogP contribution is 2.16. The number of hydrogen-bond acceptors (Lipinski definition) is 4. The molecule has 0 aliphatic carbocycles. The van der Waals surface area contributed by atoms with Crippen molar-refractivity contribution in [2.75, 3.05) is 12.4 Å². The van der Waals surface area contributed by atoms with Crippen LogP contribution in [0.5, 0.6) is 0 Å². The summed E-state index contributed by atoms with van der Waals surface area (Å²) in [5, 5.41) is 2.94. The maximum Gasteiger partial charge on any atom is 0.339 e. The largest absolute Gasteiger partial charge is 0.465 e. The van der Waals surface area contributed by atoms with E-state index in [4.69, 9.17) is 4.74 Å². The Balaban J connectivity index is 2.10. The third-order valence-corrected chi connectivity index (χ3v) is 3.11. The first kappa shape index (κ1) is 15.5. The SMILES string of the molecule is COC(=O)c1ccccc1NC=CC(=O)c1cccc(C)c1. The number of benzene rings is 2. The number of esters is 1. The summed E-state index contributed by atoms with van der Waals surface area (Å²) in [6.45, 7) is 1.94. The molecule has 0 radical (unpaired) electrons. The zero-order valence-electron chi connectivity index (χ0n) is 12.5. The van der Waals surface area contributed by atoms with Crippen LogP contribution >= 0.6 is 0 Å². The molecule has 0 aliphatic rings. The van der Waals surface area contributed by atoms with E-state index in [1.807, 2.05) is 25.1 Å². The molecule has 0 aliphatic heterocycles. The van der Waals surface area contributed by atoms with Gasteiger partial charge in [0.2, 0.25) is 0 Å². The fraction of sp³-hybridized carbons (Fsp3) is 0.111. The van der Waals surface area contributed by atoms with Crippen LogP contribution in [0.25, 0.3) is 0 Å². The lowest BCUT2D eigenvalue weighted by molar-refractivity contribution is 0.0602. The van der Waals surface area contributed by atoms with Gasteiger partial charge in [-0.15, -0.1) is 0 Å². The van der Waals surface area contributed by atoms with Crippen LogP contribution in [0.15, 0.2) is 60.8 Å². The van der Waals surface area contributed by atoms with E-state index >= 15 is 0 Å². The molecule has 0 spiro atoms. The summed E-state index contributed by atoms with van der Waals surface area (Å²) < 4.78 is 4.72. The van der Waals surface area contributed by atoms with Gasteiger partial charge in [-0.25, -0.2) is 4.79 Å². The molecule has 0 atom stereocenters. The monoisotopic (exact) mass is 295 g/mol. The number of hydrogen-bond donors (Lipinski definition) is 1. The van der Waals surface area contributed by atoms with Crippen molar-refractivity contribution in [1.82, 2.24) is 0 Å². The van der Waals surface area contributed by atoms with Crippen LogP contribution in [0.3, 0.4) is 0 Å². The molecule has 2 aromatic carbocycles. The van der Waals surface area contributed by atoms with Crippen molar-refractivity contribution >= 4 is 17.4 Å². The van der Waals surface area contributed by atoms with Crippen LogP contribution in [0.1, 0.15) is 26.3 Å². The van der Waals surface area contributed by atoms with Gasteiger partial charge in [0.25, 0.3) is 0 Å². The standard InChI is InChI=1S/C18H17NO3/c1-13-6-5-7-14(12-13)17(20)10-11-19-16-9-4-3-8-15(16)18(21)22-2/h3-12,19H,1-2H3. The second-order valence-corrected chi connectivity index (χ2v) is 4.75. The molecule has 0 amide bonds. The topological polar surface area (TPSA) is 55.4 Å². The van der Waals surface area contributed by atoms with E-state index in [2.05, 4.69) is 5.32 Å². The number of aryl methyl sites for hydroxylation is 1. The number of ketones is 1. The molecule has 0 bridgehead atoms. The minimum absolute atomic E-state index is 0.105. The van der Waals surface area contributed by atoms with Gasteiger partial charge >= 0.3 is 5.97 Å². The van der Waals surface area contributed by atoms with E-state index in [9.17, 15) is 9.59 Å². The zero-order valence-corrected chi connectivity index (χ0v) is 12.5. The molecule has 112 valence electrons. The number of anilines is 1. The lowest BCUT2D eigenvalue weighted by Crippen LogP contribution is -2.05. The normalized spacial score (nSPS) is 10.5. The van der Waals surface area contributed by atoms with Gasteiger partial charge in [0.1, 0.15) is 0 Å². The van der Waals surface area contributed by atoms with E-state index in [1.54, 1.807) is 30.3 Å². The number of carbonyl (C=O) groups is 2. The van der Waals surface area contributed by atoms with E-state index in [0.29, 0.717) is 16.8 Å². The first-order valence-corrected chi connectivity index (χ1v) is 6.83. The third-order valence-electron chi connectivity index (χ3n) is 3.11. The molecule has 0 fully saturated rings. The molecular formula is C18H17NO3. The summed E-state index contributed by atoms with van der Waals surface area (Å²) in [5.41, 5.74) is 2.66. The molecular weight excluding hydrogens is 278 g/mol. The molecule has 0 aromatic heterocycles. The molecule has 0 saturated heterocycles. The average Bonchev–Trinajstić information content (AvgIpc) is 2.54. The Labute approximate surface area is 129 Å². The van der Waals surface area contributed by atoms with Gasteiger partial charge in [-0.1, -0.05) is 35.9 Å². The maximum atomic E-state index is 12.0. The molecule has 2 rings (SSSR count). The molecule has 22 heavy (non-hydrogen) atoms. The number of methoxy groups -OCH3 is 1. The van der Waals surface area contributed by atoms with Crippen molar-refractivity contribution in [3.05, 3.63) is 77.5 Å². The molecule has 4 heteroatoms. The number of carbonyl (C=O) groups excluding carboxylic acids is 2. The molecule has 0 unspecified atom stereocenters. The second kappa shape index (κ2) is 7.22. The van der Waals surface area contributed by atoms with Gasteiger partial charge in [-0.3, -0.25) is 4.79 Å². The van der Waals surface area contributed by atoms with Crippen molar-refractivity contribution in [3.63, 3.8) is 0 Å². The molecule has 4 nitrogen and oxygen atoms in total. The Bertz CT molecular complexity index is 720. The minimum Gasteiger partial charge on any atom is -0.465 e. The molecule has 2 aromatic rings. The van der Waals surface area contributed by atoms with Crippen LogP contribution in [0.4, 0.5) is 5.69 Å². The first-order chi connectivity index (χ1) is 10.6. The van der Waals surface area contributed by atoms with Gasteiger partial charge in [-0.2, -0.15) is 0 Å². The maximum absolute atomic E-state index is 12.0. The summed E-state index contributed by atoms with van der Waals surface area (Å²) >= 11 is 0. The first-order valence-electron chi connectivity index (χ1n) is 6.83. The highest BCUT2D eigenvalue weighted by atomic mass is 16.5. The Morgan fingerprint density at radius 3 is 2.59 bits per heavy atom. The quantitative estimate of drug-likeness (QED) is 0.520. The third kappa shape index (κ3) is 3.82. The summed E-state index contributed by atoms with van der Waals surface area (Å²) in [6, 6.07) is 14.3. The fourth-order valence-corrected chi connectivity index (χ4v) is 2.00. The lowest BCUT2D eigenvalue weighted by Gasteiger charge is -2.06. The summed E-state index contributed by atoms with van der Waals surface area (Å²) in [4.78, 5) is 23.7. The lowest BCUT2D eigenvalue weighted by atomic mass is 10.1. The van der Waals surface area contributed by atoms with E-state index in [0.717, 1.165) is 5.56 Å². The number of rotatable bonds is 5. The van der Waals surface area contributed by atoms with Gasteiger partial charge < -0.3 is 10.1 Å². The summed E-state index contributed by atoms with van der Waals surface area (Å²) in [7, 11) is 1.33. The minimum atomic E-state index is -0.429. The Kier molecular flexibility index (Phi) is 5.09. The summed E-state index contributed by atoms with van der Waals surface area (Å²) in [5.74, 6) is -0.534. The molecule has 0 heterocycles. The van der Waals surface area contributed by atoms with E-state index < -0.39 is 5.97 Å². The zero-order chi connectivity index (χ0) is 15.9.